The average molecular weight is 587 g/mol. The Morgan fingerprint density at radius 1 is 0.905 bits per heavy atom. The Kier molecular flexibility index (Phi) is 8.77. The highest BCUT2D eigenvalue weighted by atomic mass is 32.1. The summed E-state index contributed by atoms with van der Waals surface area (Å²) >= 11 is 1.33. The van der Waals surface area contributed by atoms with Gasteiger partial charge in [-0.15, -0.1) is 0 Å². The van der Waals surface area contributed by atoms with Crippen LogP contribution in [0, 0.1) is 6.92 Å². The van der Waals surface area contributed by atoms with E-state index in [1.54, 1.807) is 42.5 Å². The van der Waals surface area contributed by atoms with Crippen molar-refractivity contribution >= 4 is 44.1 Å². The molecule has 0 saturated carbocycles. The van der Waals surface area contributed by atoms with E-state index in [1.165, 1.54) is 16.2 Å². The van der Waals surface area contributed by atoms with E-state index in [-0.39, 0.29) is 11.3 Å². The molecule has 218 valence electrons. The van der Waals surface area contributed by atoms with Crippen LogP contribution in [0.1, 0.15) is 56.3 Å². The third-order valence-electron chi connectivity index (χ3n) is 6.83. The average Bonchev–Trinajstić information content (AvgIpc) is 3.52. The number of fused-ring (bicyclic) bond motifs is 1. The van der Waals surface area contributed by atoms with Crippen LogP contribution in [-0.4, -0.2) is 41.6 Å². The number of Topliss-reactive ketones (excluding diaryl/α,β-unsaturated/α-hetero) is 1. The van der Waals surface area contributed by atoms with Gasteiger partial charge in [0, 0.05) is 5.56 Å². The van der Waals surface area contributed by atoms with Crippen LogP contribution in [0.25, 0.3) is 16.0 Å². The summed E-state index contributed by atoms with van der Waals surface area (Å²) in [4.78, 5) is 33.5. The zero-order valence-electron chi connectivity index (χ0n) is 24.2. The number of aromatic nitrogens is 1. The lowest BCUT2D eigenvalue weighted by Crippen LogP contribution is -2.29. The molecule has 1 aliphatic heterocycles. The van der Waals surface area contributed by atoms with E-state index in [0.29, 0.717) is 53.3 Å². The Hall–Kier alpha value is -4.37. The van der Waals surface area contributed by atoms with Crippen molar-refractivity contribution in [1.82, 2.24) is 4.98 Å². The third-order valence-corrected chi connectivity index (χ3v) is 7.85. The van der Waals surface area contributed by atoms with Crippen LogP contribution in [-0.2, 0) is 9.59 Å². The maximum absolute atomic E-state index is 13.7. The lowest BCUT2D eigenvalue weighted by atomic mass is 9.95. The minimum atomic E-state index is -0.942. The molecule has 5 rings (SSSR count). The molecule has 0 aliphatic carbocycles. The van der Waals surface area contributed by atoms with Crippen LogP contribution in [0.4, 0.5) is 5.13 Å². The number of carbonyl (C=O) groups is 2. The van der Waals surface area contributed by atoms with E-state index in [2.05, 4.69) is 0 Å². The van der Waals surface area contributed by atoms with E-state index in [4.69, 9.17) is 19.2 Å². The van der Waals surface area contributed by atoms with Gasteiger partial charge >= 0.3 is 5.91 Å². The van der Waals surface area contributed by atoms with Gasteiger partial charge in [-0.2, -0.15) is 0 Å². The monoisotopic (exact) mass is 586 g/mol. The number of aliphatic hydroxyl groups excluding tert-OH is 1. The summed E-state index contributed by atoms with van der Waals surface area (Å²) in [7, 11) is 0. The number of carbonyl (C=O) groups excluding carboxylic acids is 2. The number of rotatable bonds is 11. The fourth-order valence-electron chi connectivity index (χ4n) is 4.85. The fraction of sp³-hybridized carbons (Fsp3) is 0.303. The number of nitrogens with zero attached hydrogens (tertiary/aromatic N) is 2. The van der Waals surface area contributed by atoms with Gasteiger partial charge in [-0.05, 0) is 86.3 Å². The molecule has 9 heteroatoms. The van der Waals surface area contributed by atoms with E-state index < -0.39 is 17.7 Å². The van der Waals surface area contributed by atoms with Crippen molar-refractivity contribution in [3.8, 4) is 17.2 Å². The minimum absolute atomic E-state index is 0.0256. The predicted octanol–water partition coefficient (Wildman–Crippen LogP) is 7.21. The molecule has 1 aliphatic rings. The van der Waals surface area contributed by atoms with Gasteiger partial charge in [0.2, 0.25) is 0 Å². The molecule has 1 amide bonds. The maximum Gasteiger partial charge on any atom is 0.301 e. The number of hydrogen-bond acceptors (Lipinski definition) is 8. The molecule has 8 nitrogen and oxygen atoms in total. The first-order valence-corrected chi connectivity index (χ1v) is 15.0. The number of amides is 1. The van der Waals surface area contributed by atoms with E-state index in [9.17, 15) is 14.7 Å². The van der Waals surface area contributed by atoms with Gasteiger partial charge in [-0.1, -0.05) is 37.3 Å². The number of ether oxygens (including phenoxy) is 3. The zero-order chi connectivity index (χ0) is 29.8. The van der Waals surface area contributed by atoms with E-state index in [0.717, 1.165) is 28.6 Å². The van der Waals surface area contributed by atoms with Crippen LogP contribution in [0.5, 0.6) is 17.2 Å². The molecule has 2 heterocycles. The number of thiazole rings is 1. The van der Waals surface area contributed by atoms with Crippen molar-refractivity contribution in [3.63, 3.8) is 0 Å². The second-order valence-electron chi connectivity index (χ2n) is 10.00. The van der Waals surface area contributed by atoms with Gasteiger partial charge in [0.15, 0.2) is 16.6 Å². The molecule has 1 unspecified atom stereocenters. The maximum atomic E-state index is 13.7. The van der Waals surface area contributed by atoms with E-state index >= 15 is 0 Å². The van der Waals surface area contributed by atoms with Crippen LogP contribution in [0.2, 0.25) is 0 Å². The Bertz CT molecular complexity index is 1640. The number of anilines is 1. The van der Waals surface area contributed by atoms with Crippen LogP contribution in [0.3, 0.4) is 0 Å². The van der Waals surface area contributed by atoms with Crippen molar-refractivity contribution in [1.29, 1.82) is 0 Å². The summed E-state index contributed by atoms with van der Waals surface area (Å²) in [5.41, 5.74) is 2.74. The molecule has 1 fully saturated rings. The van der Waals surface area contributed by atoms with Gasteiger partial charge in [-0.25, -0.2) is 4.98 Å². The van der Waals surface area contributed by atoms with Crippen LogP contribution in [0.15, 0.2) is 66.2 Å². The summed E-state index contributed by atoms with van der Waals surface area (Å²) in [6.07, 6.45) is 1.69. The largest absolute Gasteiger partial charge is 0.507 e. The smallest absolute Gasteiger partial charge is 0.301 e. The summed E-state index contributed by atoms with van der Waals surface area (Å²) < 4.78 is 18.4. The topological polar surface area (TPSA) is 98.2 Å². The molecule has 0 radical (unpaired) electrons. The third kappa shape index (κ3) is 5.69. The molecule has 1 aromatic heterocycles. The highest BCUT2D eigenvalue weighted by Crippen LogP contribution is 2.46. The van der Waals surface area contributed by atoms with Crippen molar-refractivity contribution in [2.24, 2.45) is 0 Å². The summed E-state index contributed by atoms with van der Waals surface area (Å²) in [6, 6.07) is 17.1. The molecule has 0 spiro atoms. The summed E-state index contributed by atoms with van der Waals surface area (Å²) in [5.74, 6) is -0.111. The zero-order valence-corrected chi connectivity index (χ0v) is 25.0. The summed E-state index contributed by atoms with van der Waals surface area (Å²) in [6.45, 7) is 9.38. The quantitative estimate of drug-likeness (QED) is 0.113. The standard InChI is InChI=1S/C33H34N2O6S/c1-5-16-40-23-12-9-21(10-13-23)30(36)28-29(22-11-15-25(41-17-6-2)26(19-22)39-7-3)35(32(38)31(28)37)33-34-24-14-8-20(4)18-27(24)42-33/h8-15,18-19,29,36H,5-7,16-17H2,1-4H3/b30-28+. The van der Waals surface area contributed by atoms with Gasteiger partial charge in [-0.3, -0.25) is 14.5 Å². The van der Waals surface area contributed by atoms with Crippen LogP contribution < -0.4 is 19.1 Å². The second-order valence-corrected chi connectivity index (χ2v) is 11.0. The highest BCUT2D eigenvalue weighted by molar-refractivity contribution is 7.22. The van der Waals surface area contributed by atoms with Gasteiger partial charge in [0.1, 0.15) is 11.5 Å². The Morgan fingerprint density at radius 3 is 2.36 bits per heavy atom. The molecular formula is C33H34N2O6S. The Morgan fingerprint density at radius 2 is 1.64 bits per heavy atom. The minimum Gasteiger partial charge on any atom is -0.507 e. The lowest BCUT2D eigenvalue weighted by Gasteiger charge is -2.24. The van der Waals surface area contributed by atoms with E-state index in [1.807, 2.05) is 45.9 Å². The molecule has 1 atom stereocenters. The van der Waals surface area contributed by atoms with Gasteiger partial charge in [0.05, 0.1) is 41.7 Å². The first-order chi connectivity index (χ1) is 20.4. The van der Waals surface area contributed by atoms with Crippen molar-refractivity contribution in [2.75, 3.05) is 24.7 Å². The van der Waals surface area contributed by atoms with Crippen molar-refractivity contribution in [2.45, 2.75) is 46.6 Å². The van der Waals surface area contributed by atoms with Crippen molar-refractivity contribution < 1.29 is 28.9 Å². The molecule has 1 N–H and O–H groups in total. The predicted molar refractivity (Wildman–Crippen MR) is 165 cm³/mol. The highest BCUT2D eigenvalue weighted by Gasteiger charge is 2.48. The lowest BCUT2D eigenvalue weighted by molar-refractivity contribution is -0.132. The molecule has 42 heavy (non-hydrogen) atoms. The molecule has 3 aromatic carbocycles. The molecule has 0 bridgehead atoms. The normalized spacial score (nSPS) is 16.3. The Labute approximate surface area is 249 Å². The first kappa shape index (κ1) is 29.1. The fourth-order valence-corrected chi connectivity index (χ4v) is 5.94. The molecule has 1 saturated heterocycles. The number of aliphatic hydroxyl groups is 1. The summed E-state index contributed by atoms with van der Waals surface area (Å²) in [5, 5.41) is 11.9. The van der Waals surface area contributed by atoms with Gasteiger partial charge in [0.25, 0.3) is 5.78 Å². The number of aryl methyl sites for hydroxylation is 1. The Balaban J connectivity index is 1.67. The first-order valence-electron chi connectivity index (χ1n) is 14.2. The number of benzene rings is 3. The number of ketones is 1. The SMILES string of the molecule is CCCOc1ccc(/C(O)=C2\C(=O)C(=O)N(c3nc4ccc(C)cc4s3)C2c2ccc(OCCC)c(OCC)c2)cc1. The van der Waals surface area contributed by atoms with Gasteiger partial charge < -0.3 is 19.3 Å². The number of hydrogen-bond donors (Lipinski definition) is 1. The van der Waals surface area contributed by atoms with Crippen LogP contribution >= 0.6 is 11.3 Å². The second kappa shape index (κ2) is 12.7. The van der Waals surface area contributed by atoms with Crippen molar-refractivity contribution in [3.05, 3.63) is 82.9 Å². The molecule has 4 aromatic rings. The molecular weight excluding hydrogens is 552 g/mol.